The third-order valence-electron chi connectivity index (χ3n) is 3.55. The molecule has 6 nitrogen and oxygen atoms in total. The van der Waals surface area contributed by atoms with Crippen molar-refractivity contribution in [2.75, 3.05) is 11.9 Å². The molecule has 0 spiro atoms. The fourth-order valence-corrected chi connectivity index (χ4v) is 2.35. The lowest BCUT2D eigenvalue weighted by Gasteiger charge is -2.07. The van der Waals surface area contributed by atoms with Crippen LogP contribution in [0, 0.1) is 6.92 Å². The number of hydrogen-bond acceptors (Lipinski definition) is 4. The summed E-state index contributed by atoms with van der Waals surface area (Å²) >= 11 is 6.01. The molecule has 2 N–H and O–H groups in total. The molecule has 142 valence electrons. The van der Waals surface area contributed by atoms with Gasteiger partial charge in [0, 0.05) is 16.3 Å². The summed E-state index contributed by atoms with van der Waals surface area (Å²) in [6.07, 6.45) is 2.03. The second kappa shape index (κ2) is 10.3. The first-order valence-corrected chi connectivity index (χ1v) is 8.97. The molecule has 2 aromatic rings. The molecule has 0 radical (unpaired) electrons. The largest absolute Gasteiger partial charge is 0.493 e. The zero-order valence-electron chi connectivity index (χ0n) is 15.3. The van der Waals surface area contributed by atoms with Gasteiger partial charge in [-0.15, -0.1) is 0 Å². The molecule has 7 heteroatoms. The number of rotatable bonds is 8. The summed E-state index contributed by atoms with van der Waals surface area (Å²) in [6, 6.07) is 12.5. The lowest BCUT2D eigenvalue weighted by molar-refractivity contribution is -0.126. The van der Waals surface area contributed by atoms with Gasteiger partial charge < -0.3 is 10.1 Å². The molecule has 0 bridgehead atoms. The van der Waals surface area contributed by atoms with Gasteiger partial charge in [-0.2, -0.15) is 5.10 Å². The van der Waals surface area contributed by atoms with Crippen molar-refractivity contribution < 1.29 is 14.3 Å². The number of nitrogens with one attached hydrogen (secondary N) is 2. The number of hydrazone groups is 1. The van der Waals surface area contributed by atoms with Crippen LogP contribution in [0.3, 0.4) is 0 Å². The van der Waals surface area contributed by atoms with E-state index in [0.717, 1.165) is 17.5 Å². The van der Waals surface area contributed by atoms with Gasteiger partial charge in [-0.25, -0.2) is 5.43 Å². The first-order valence-electron chi connectivity index (χ1n) is 8.59. The van der Waals surface area contributed by atoms with E-state index in [0.29, 0.717) is 23.1 Å². The van der Waals surface area contributed by atoms with Crippen LogP contribution in [-0.2, 0) is 9.59 Å². The molecule has 0 unspecified atom stereocenters. The van der Waals surface area contributed by atoms with Gasteiger partial charge in [0.1, 0.15) is 12.2 Å². The summed E-state index contributed by atoms with van der Waals surface area (Å²) in [5.41, 5.74) is 4.52. The minimum absolute atomic E-state index is 0.350. The highest BCUT2D eigenvalue weighted by atomic mass is 35.5. The second-order valence-electron chi connectivity index (χ2n) is 5.87. The molecule has 0 aliphatic heterocycles. The van der Waals surface area contributed by atoms with E-state index >= 15 is 0 Å². The molecule has 2 rings (SSSR count). The molecule has 0 aliphatic rings. The van der Waals surface area contributed by atoms with Gasteiger partial charge in [0.05, 0.1) is 12.8 Å². The second-order valence-corrected chi connectivity index (χ2v) is 6.28. The van der Waals surface area contributed by atoms with Crippen LogP contribution in [-0.4, -0.2) is 24.6 Å². The molecule has 2 aromatic carbocycles. The fraction of sp³-hybridized carbons (Fsp3) is 0.250. The minimum atomic E-state index is -0.520. The zero-order chi connectivity index (χ0) is 19.6. The Morgan fingerprint density at radius 2 is 1.96 bits per heavy atom. The zero-order valence-corrected chi connectivity index (χ0v) is 16.0. The van der Waals surface area contributed by atoms with Gasteiger partial charge in [0.25, 0.3) is 0 Å². The predicted molar refractivity (Wildman–Crippen MR) is 107 cm³/mol. The summed E-state index contributed by atoms with van der Waals surface area (Å²) in [4.78, 5) is 23.8. The monoisotopic (exact) mass is 387 g/mol. The van der Waals surface area contributed by atoms with Crippen molar-refractivity contribution in [3.8, 4) is 5.75 Å². The molecule has 0 aliphatic carbocycles. The van der Waals surface area contributed by atoms with Crippen LogP contribution in [0.15, 0.2) is 47.6 Å². The van der Waals surface area contributed by atoms with E-state index in [1.54, 1.807) is 18.2 Å². The first kappa shape index (κ1) is 20.5. The highest BCUT2D eigenvalue weighted by molar-refractivity contribution is 6.31. The van der Waals surface area contributed by atoms with Crippen molar-refractivity contribution >= 4 is 35.3 Å². The number of amides is 2. The number of para-hydroxylation sites is 1. The van der Waals surface area contributed by atoms with Crippen LogP contribution in [0.4, 0.5) is 5.69 Å². The number of nitrogens with zero attached hydrogens (tertiary/aromatic N) is 1. The normalized spacial score (nSPS) is 10.6. The maximum absolute atomic E-state index is 11.9. The molecular weight excluding hydrogens is 366 g/mol. The number of ether oxygens (including phenoxy) is 1. The topological polar surface area (TPSA) is 79.8 Å². The van der Waals surface area contributed by atoms with Gasteiger partial charge in [0.2, 0.25) is 11.8 Å². The van der Waals surface area contributed by atoms with E-state index in [9.17, 15) is 9.59 Å². The fourth-order valence-electron chi connectivity index (χ4n) is 2.17. The van der Waals surface area contributed by atoms with E-state index in [1.165, 1.54) is 6.21 Å². The highest BCUT2D eigenvalue weighted by Gasteiger charge is 2.10. The average Bonchev–Trinajstić information content (AvgIpc) is 2.64. The summed E-state index contributed by atoms with van der Waals surface area (Å²) in [5.74, 6) is -0.283. The van der Waals surface area contributed by atoms with E-state index in [2.05, 4.69) is 15.8 Å². The van der Waals surface area contributed by atoms with Gasteiger partial charge in [-0.1, -0.05) is 36.7 Å². The van der Waals surface area contributed by atoms with Crippen LogP contribution in [0.1, 0.15) is 30.9 Å². The third-order valence-corrected chi connectivity index (χ3v) is 3.96. The molecule has 2 amide bonds. The number of anilines is 1. The van der Waals surface area contributed by atoms with Crippen LogP contribution in [0.5, 0.6) is 5.75 Å². The van der Waals surface area contributed by atoms with Gasteiger partial charge >= 0.3 is 0 Å². The molecule has 27 heavy (non-hydrogen) atoms. The van der Waals surface area contributed by atoms with Crippen molar-refractivity contribution in [3.05, 3.63) is 58.6 Å². The average molecular weight is 388 g/mol. The number of carbonyl (C=O) groups is 2. The van der Waals surface area contributed by atoms with E-state index in [1.807, 2.05) is 38.1 Å². The smallest absolute Gasteiger partial charge is 0.249 e. The summed E-state index contributed by atoms with van der Waals surface area (Å²) < 4.78 is 5.61. The Hall–Kier alpha value is -2.86. The molecular formula is C20H22ClN3O3. The van der Waals surface area contributed by atoms with Crippen LogP contribution >= 0.6 is 11.6 Å². The Kier molecular flexibility index (Phi) is 7.82. The minimum Gasteiger partial charge on any atom is -0.493 e. The molecule has 0 saturated carbocycles. The molecule has 0 saturated heterocycles. The van der Waals surface area contributed by atoms with Crippen LogP contribution in [0.25, 0.3) is 0 Å². The van der Waals surface area contributed by atoms with Crippen LogP contribution in [0.2, 0.25) is 5.02 Å². The summed E-state index contributed by atoms with van der Waals surface area (Å²) in [7, 11) is 0. The van der Waals surface area contributed by atoms with Gasteiger partial charge in [0.15, 0.2) is 0 Å². The Labute approximate surface area is 163 Å². The van der Waals surface area contributed by atoms with Crippen molar-refractivity contribution in [3.63, 3.8) is 0 Å². The predicted octanol–water partition coefficient (Wildman–Crippen LogP) is 3.92. The number of aryl methyl sites for hydroxylation is 1. The number of halogens is 1. The Morgan fingerprint density at radius 1 is 1.19 bits per heavy atom. The van der Waals surface area contributed by atoms with Crippen molar-refractivity contribution in [1.82, 2.24) is 5.43 Å². The van der Waals surface area contributed by atoms with Crippen molar-refractivity contribution in [2.45, 2.75) is 26.7 Å². The van der Waals surface area contributed by atoms with E-state index in [-0.39, 0.29) is 6.42 Å². The van der Waals surface area contributed by atoms with E-state index in [4.69, 9.17) is 16.3 Å². The molecule has 0 aromatic heterocycles. The summed E-state index contributed by atoms with van der Waals surface area (Å²) in [6.45, 7) is 4.48. The molecule has 0 heterocycles. The standard InChI is InChI=1S/C20H22ClN3O3/c1-3-10-27-18-7-5-4-6-15(18)13-22-24-20(26)12-19(25)23-16-9-8-14(2)17(21)11-16/h4-9,11,13H,3,10,12H2,1-2H3,(H,23,25)(H,24,26). The summed E-state index contributed by atoms with van der Waals surface area (Å²) in [5, 5.41) is 7.06. The first-order chi connectivity index (χ1) is 13.0. The van der Waals surface area contributed by atoms with E-state index < -0.39 is 11.8 Å². The van der Waals surface area contributed by atoms with Gasteiger partial charge in [-0.3, -0.25) is 9.59 Å². The Morgan fingerprint density at radius 3 is 2.70 bits per heavy atom. The number of benzene rings is 2. The number of hydrogen-bond donors (Lipinski definition) is 2. The van der Waals surface area contributed by atoms with Crippen molar-refractivity contribution in [1.29, 1.82) is 0 Å². The highest BCUT2D eigenvalue weighted by Crippen LogP contribution is 2.20. The van der Waals surface area contributed by atoms with Gasteiger partial charge in [-0.05, 0) is 43.2 Å². The Balaban J connectivity index is 1.86. The lowest BCUT2D eigenvalue weighted by Crippen LogP contribution is -2.24. The maximum Gasteiger partial charge on any atom is 0.249 e. The lowest BCUT2D eigenvalue weighted by atomic mass is 10.2. The Bertz CT molecular complexity index is 837. The van der Waals surface area contributed by atoms with Crippen molar-refractivity contribution in [2.24, 2.45) is 5.10 Å². The number of carbonyl (C=O) groups excluding carboxylic acids is 2. The quantitative estimate of drug-likeness (QED) is 0.409. The third kappa shape index (κ3) is 6.75. The van der Waals surface area contributed by atoms with Crippen LogP contribution < -0.4 is 15.5 Å². The maximum atomic E-state index is 11.9. The molecule has 0 atom stereocenters. The molecule has 0 fully saturated rings. The SMILES string of the molecule is CCCOc1ccccc1C=NNC(=O)CC(=O)Nc1ccc(C)c(Cl)c1.